The maximum atomic E-state index is 12.9. The number of benzene rings is 2. The van der Waals surface area contributed by atoms with Crippen LogP contribution in [0.1, 0.15) is 17.3 Å². The lowest BCUT2D eigenvalue weighted by molar-refractivity contribution is 0.0524. The van der Waals surface area contributed by atoms with Crippen LogP contribution in [0.15, 0.2) is 47.4 Å². The van der Waals surface area contributed by atoms with Crippen molar-refractivity contribution in [3.05, 3.63) is 58.4 Å². The first-order valence-electron chi connectivity index (χ1n) is 8.28. The van der Waals surface area contributed by atoms with Gasteiger partial charge < -0.3 is 23.9 Å². The zero-order valence-corrected chi connectivity index (χ0v) is 15.2. The molecule has 0 aliphatic rings. The minimum absolute atomic E-state index is 0.0929. The second-order valence-electron chi connectivity index (χ2n) is 5.70. The smallest absolute Gasteiger partial charge is 0.343 e. The molecule has 0 saturated carbocycles. The number of carbonyl (C=O) groups is 1. The number of carbonyl (C=O) groups excluding carboxylic acids is 1. The monoisotopic (exact) mass is 369 g/mol. The van der Waals surface area contributed by atoms with Crippen LogP contribution in [-0.4, -0.2) is 36.5 Å². The Morgan fingerprint density at radius 2 is 1.70 bits per heavy atom. The van der Waals surface area contributed by atoms with Crippen molar-refractivity contribution in [3.63, 3.8) is 0 Å². The van der Waals surface area contributed by atoms with Crippen LogP contribution in [-0.2, 0) is 4.74 Å². The number of pyridine rings is 1. The Bertz CT molecular complexity index is 1050. The lowest BCUT2D eigenvalue weighted by Crippen LogP contribution is -2.20. The van der Waals surface area contributed by atoms with E-state index in [0.717, 1.165) is 0 Å². The summed E-state index contributed by atoms with van der Waals surface area (Å²) in [6.45, 7) is 1.83. The summed E-state index contributed by atoms with van der Waals surface area (Å²) in [5.41, 5.74) is 0.621. The fourth-order valence-corrected chi connectivity index (χ4v) is 2.83. The Labute approximate surface area is 155 Å². The Morgan fingerprint density at radius 1 is 1.07 bits per heavy atom. The molecule has 2 aromatic carbocycles. The molecule has 140 valence electrons. The predicted molar refractivity (Wildman–Crippen MR) is 100 cm³/mol. The summed E-state index contributed by atoms with van der Waals surface area (Å²) >= 11 is 0. The highest BCUT2D eigenvalue weighted by Crippen LogP contribution is 2.32. The molecule has 3 aromatic rings. The highest BCUT2D eigenvalue weighted by atomic mass is 16.5. The molecule has 0 radical (unpaired) electrons. The Kier molecular flexibility index (Phi) is 5.03. The third-order valence-electron chi connectivity index (χ3n) is 4.13. The van der Waals surface area contributed by atoms with Gasteiger partial charge in [0.1, 0.15) is 11.3 Å². The SMILES string of the molecule is CCOC(=O)c1cn(-c2ccc(O)cc2)c2cc(OC)c(OC)cc2c1=O. The summed E-state index contributed by atoms with van der Waals surface area (Å²) in [5.74, 6) is 0.224. The van der Waals surface area contributed by atoms with E-state index in [4.69, 9.17) is 14.2 Å². The van der Waals surface area contributed by atoms with E-state index in [1.54, 1.807) is 29.7 Å². The zero-order chi connectivity index (χ0) is 19.6. The number of methoxy groups -OCH3 is 2. The first kappa shape index (κ1) is 18.3. The van der Waals surface area contributed by atoms with E-state index in [0.29, 0.717) is 22.7 Å². The minimum atomic E-state index is -0.702. The molecule has 7 nitrogen and oxygen atoms in total. The molecule has 0 spiro atoms. The molecule has 7 heteroatoms. The lowest BCUT2D eigenvalue weighted by Gasteiger charge is -2.16. The Morgan fingerprint density at radius 3 is 2.30 bits per heavy atom. The summed E-state index contributed by atoms with van der Waals surface area (Å²) in [6, 6.07) is 9.58. The topological polar surface area (TPSA) is 87.0 Å². The van der Waals surface area contributed by atoms with Crippen molar-refractivity contribution in [1.82, 2.24) is 4.57 Å². The van der Waals surface area contributed by atoms with Crippen LogP contribution in [0, 0.1) is 0 Å². The van der Waals surface area contributed by atoms with Crippen LogP contribution in [0.2, 0.25) is 0 Å². The van der Waals surface area contributed by atoms with Crippen molar-refractivity contribution >= 4 is 16.9 Å². The number of fused-ring (bicyclic) bond motifs is 1. The highest BCUT2D eigenvalue weighted by Gasteiger charge is 2.19. The van der Waals surface area contributed by atoms with E-state index >= 15 is 0 Å². The Hall–Kier alpha value is -3.48. The zero-order valence-electron chi connectivity index (χ0n) is 15.2. The second kappa shape index (κ2) is 7.41. The molecule has 0 aliphatic carbocycles. The van der Waals surface area contributed by atoms with Crippen LogP contribution < -0.4 is 14.9 Å². The van der Waals surface area contributed by atoms with Gasteiger partial charge in [0.2, 0.25) is 5.43 Å². The number of aromatic nitrogens is 1. The van der Waals surface area contributed by atoms with Gasteiger partial charge in [-0.3, -0.25) is 4.79 Å². The average molecular weight is 369 g/mol. The van der Waals surface area contributed by atoms with E-state index in [9.17, 15) is 14.7 Å². The van der Waals surface area contributed by atoms with Crippen molar-refractivity contribution in [3.8, 4) is 22.9 Å². The highest BCUT2D eigenvalue weighted by molar-refractivity contribution is 5.95. The number of nitrogens with zero attached hydrogens (tertiary/aromatic N) is 1. The molecule has 0 bridgehead atoms. The first-order valence-corrected chi connectivity index (χ1v) is 8.28. The molecule has 0 fully saturated rings. The van der Waals surface area contributed by atoms with Gasteiger partial charge in [0.15, 0.2) is 11.5 Å². The number of hydrogen-bond acceptors (Lipinski definition) is 6. The summed E-state index contributed by atoms with van der Waals surface area (Å²) in [4.78, 5) is 25.2. The van der Waals surface area contributed by atoms with Crippen LogP contribution in [0.5, 0.6) is 17.2 Å². The van der Waals surface area contributed by atoms with E-state index in [2.05, 4.69) is 0 Å². The molecule has 1 N–H and O–H groups in total. The minimum Gasteiger partial charge on any atom is -0.508 e. The largest absolute Gasteiger partial charge is 0.508 e. The average Bonchev–Trinajstić information content (AvgIpc) is 2.68. The van der Waals surface area contributed by atoms with Gasteiger partial charge in [-0.2, -0.15) is 0 Å². The van der Waals surface area contributed by atoms with Gasteiger partial charge >= 0.3 is 5.97 Å². The fraction of sp³-hybridized carbons (Fsp3) is 0.200. The van der Waals surface area contributed by atoms with Crippen molar-refractivity contribution in [2.24, 2.45) is 0 Å². The summed E-state index contributed by atoms with van der Waals surface area (Å²) in [6.07, 6.45) is 1.43. The van der Waals surface area contributed by atoms with Crippen molar-refractivity contribution in [2.75, 3.05) is 20.8 Å². The van der Waals surface area contributed by atoms with Crippen LogP contribution in [0.3, 0.4) is 0 Å². The fourth-order valence-electron chi connectivity index (χ4n) is 2.83. The molecule has 1 aromatic heterocycles. The van der Waals surface area contributed by atoms with Gasteiger partial charge in [-0.1, -0.05) is 0 Å². The molecular formula is C20H19NO6. The number of aromatic hydroxyl groups is 1. The molecule has 0 unspecified atom stereocenters. The number of ether oxygens (including phenoxy) is 3. The second-order valence-corrected chi connectivity index (χ2v) is 5.70. The molecule has 0 atom stereocenters. The number of hydrogen-bond donors (Lipinski definition) is 1. The van der Waals surface area contributed by atoms with Crippen molar-refractivity contribution in [2.45, 2.75) is 6.92 Å². The van der Waals surface area contributed by atoms with E-state index < -0.39 is 11.4 Å². The molecule has 1 heterocycles. The quantitative estimate of drug-likeness (QED) is 0.696. The first-order chi connectivity index (χ1) is 13.0. The van der Waals surface area contributed by atoms with Crippen molar-refractivity contribution in [1.29, 1.82) is 0 Å². The van der Waals surface area contributed by atoms with E-state index in [-0.39, 0.29) is 23.3 Å². The van der Waals surface area contributed by atoms with Crippen LogP contribution >= 0.6 is 0 Å². The normalized spacial score (nSPS) is 10.6. The van der Waals surface area contributed by atoms with E-state index in [1.165, 1.54) is 38.6 Å². The summed E-state index contributed by atoms with van der Waals surface area (Å²) in [5, 5.41) is 9.84. The van der Waals surface area contributed by atoms with Crippen LogP contribution in [0.4, 0.5) is 0 Å². The van der Waals surface area contributed by atoms with Gasteiger partial charge in [-0.15, -0.1) is 0 Å². The molecule has 0 amide bonds. The van der Waals surface area contributed by atoms with Gasteiger partial charge in [0, 0.05) is 18.0 Å². The predicted octanol–water partition coefficient (Wildman–Crippen LogP) is 2.89. The number of phenols is 1. The standard InChI is InChI=1S/C20H19NO6/c1-4-27-20(24)15-11-21(12-5-7-13(22)8-6-12)16-10-18(26-3)17(25-2)9-14(16)19(15)23/h5-11,22H,4H2,1-3H3. The Balaban J connectivity index is 2.40. The van der Waals surface area contributed by atoms with Gasteiger partial charge in [0.25, 0.3) is 0 Å². The number of rotatable bonds is 5. The van der Waals surface area contributed by atoms with E-state index in [1.807, 2.05) is 0 Å². The molecule has 3 rings (SSSR count). The van der Waals surface area contributed by atoms with Gasteiger partial charge in [-0.05, 0) is 37.3 Å². The number of esters is 1. The molecular weight excluding hydrogens is 350 g/mol. The summed E-state index contributed by atoms with van der Waals surface area (Å²) in [7, 11) is 2.97. The van der Waals surface area contributed by atoms with Gasteiger partial charge in [0.05, 0.1) is 31.7 Å². The maximum absolute atomic E-state index is 12.9. The van der Waals surface area contributed by atoms with Crippen molar-refractivity contribution < 1.29 is 24.1 Å². The molecule has 0 aliphatic heterocycles. The lowest BCUT2D eigenvalue weighted by atomic mass is 10.1. The number of phenolic OH excluding ortho intramolecular Hbond substituents is 1. The third kappa shape index (κ3) is 3.31. The maximum Gasteiger partial charge on any atom is 0.343 e. The third-order valence-corrected chi connectivity index (χ3v) is 4.13. The molecule has 27 heavy (non-hydrogen) atoms. The molecule has 0 saturated heterocycles. The summed E-state index contributed by atoms with van der Waals surface area (Å²) < 4.78 is 17.3. The van der Waals surface area contributed by atoms with Gasteiger partial charge in [-0.25, -0.2) is 4.79 Å². The van der Waals surface area contributed by atoms with Crippen LogP contribution in [0.25, 0.3) is 16.6 Å².